The van der Waals surface area contributed by atoms with E-state index in [1.165, 1.54) is 5.56 Å². The summed E-state index contributed by atoms with van der Waals surface area (Å²) in [6.45, 7) is 2.11. The number of rotatable bonds is 4. The molecule has 0 aromatic heterocycles. The summed E-state index contributed by atoms with van der Waals surface area (Å²) in [5.74, 6) is 0.0263. The van der Waals surface area contributed by atoms with E-state index in [-0.39, 0.29) is 5.78 Å². The average molecular weight is 315 g/mol. The minimum absolute atomic E-state index is 0.0263. The second-order valence-electron chi connectivity index (χ2n) is 4.26. The first-order chi connectivity index (χ1) is 9.20. The summed E-state index contributed by atoms with van der Waals surface area (Å²) in [7, 11) is 0. The number of ketones is 1. The number of halogens is 1. The zero-order valence-corrected chi connectivity index (χ0v) is 12.4. The molecule has 0 bridgehead atoms. The van der Waals surface area contributed by atoms with Crippen LogP contribution in [0.2, 0.25) is 0 Å². The normalized spacial score (nSPS) is 10.8. The molecule has 19 heavy (non-hydrogen) atoms. The van der Waals surface area contributed by atoms with Gasteiger partial charge in [0.05, 0.1) is 0 Å². The van der Waals surface area contributed by atoms with Gasteiger partial charge in [-0.3, -0.25) is 4.79 Å². The Morgan fingerprint density at radius 1 is 1.11 bits per heavy atom. The first-order valence-corrected chi connectivity index (χ1v) is 7.06. The Hall–Kier alpha value is -1.67. The molecule has 1 nitrogen and oxygen atoms in total. The van der Waals surface area contributed by atoms with Crippen LogP contribution in [0.5, 0.6) is 0 Å². The van der Waals surface area contributed by atoms with Crippen molar-refractivity contribution in [2.45, 2.75) is 13.3 Å². The lowest BCUT2D eigenvalue weighted by Crippen LogP contribution is -1.94. The lowest BCUT2D eigenvalue weighted by Gasteiger charge is -2.02. The summed E-state index contributed by atoms with van der Waals surface area (Å²) in [6.07, 6.45) is 4.49. The molecule has 0 amide bonds. The van der Waals surface area contributed by atoms with E-state index in [0.29, 0.717) is 5.56 Å². The topological polar surface area (TPSA) is 17.1 Å². The molecule has 0 atom stereocenters. The minimum Gasteiger partial charge on any atom is -0.289 e. The van der Waals surface area contributed by atoms with Gasteiger partial charge in [0.15, 0.2) is 5.78 Å². The maximum Gasteiger partial charge on any atom is 0.185 e. The third-order valence-electron chi connectivity index (χ3n) is 2.98. The Kier molecular flexibility index (Phi) is 4.69. The molecule has 0 unspecified atom stereocenters. The fourth-order valence-corrected chi connectivity index (χ4v) is 2.16. The van der Waals surface area contributed by atoms with Gasteiger partial charge in [0, 0.05) is 10.0 Å². The van der Waals surface area contributed by atoms with E-state index in [4.69, 9.17) is 0 Å². The van der Waals surface area contributed by atoms with Crippen LogP contribution in [-0.4, -0.2) is 5.78 Å². The predicted molar refractivity (Wildman–Crippen MR) is 83.3 cm³/mol. The van der Waals surface area contributed by atoms with Gasteiger partial charge >= 0.3 is 0 Å². The van der Waals surface area contributed by atoms with Crippen LogP contribution in [0.15, 0.2) is 59.1 Å². The third-order valence-corrected chi connectivity index (χ3v) is 3.51. The maximum atomic E-state index is 12.0. The van der Waals surface area contributed by atoms with Crippen molar-refractivity contribution in [1.29, 1.82) is 0 Å². The summed E-state index contributed by atoms with van der Waals surface area (Å²) in [4.78, 5) is 12.0. The zero-order chi connectivity index (χ0) is 13.7. The van der Waals surface area contributed by atoms with Crippen LogP contribution in [0.3, 0.4) is 0 Å². The average Bonchev–Trinajstić information content (AvgIpc) is 2.45. The lowest BCUT2D eigenvalue weighted by atomic mass is 10.0. The van der Waals surface area contributed by atoms with Crippen LogP contribution in [0.4, 0.5) is 0 Å². The SMILES string of the molecule is CCc1ccccc1/C=C/C(=O)c1ccc(Br)cc1. The predicted octanol–water partition coefficient (Wildman–Crippen LogP) is 4.91. The van der Waals surface area contributed by atoms with Gasteiger partial charge in [-0.2, -0.15) is 0 Å². The van der Waals surface area contributed by atoms with Gasteiger partial charge in [-0.1, -0.05) is 53.2 Å². The quantitative estimate of drug-likeness (QED) is 0.579. The van der Waals surface area contributed by atoms with Crippen LogP contribution < -0.4 is 0 Å². The highest BCUT2D eigenvalue weighted by molar-refractivity contribution is 9.10. The number of carbonyl (C=O) groups excluding carboxylic acids is 1. The molecule has 0 N–H and O–H groups in total. The highest BCUT2D eigenvalue weighted by Crippen LogP contribution is 2.14. The third kappa shape index (κ3) is 3.65. The molecule has 0 aliphatic rings. The molecule has 2 aromatic rings. The van der Waals surface area contributed by atoms with E-state index in [2.05, 4.69) is 28.9 Å². The van der Waals surface area contributed by atoms with Gasteiger partial charge in [0.1, 0.15) is 0 Å². The molecule has 0 saturated heterocycles. The van der Waals surface area contributed by atoms with Gasteiger partial charge in [0.2, 0.25) is 0 Å². The van der Waals surface area contributed by atoms with Crippen LogP contribution >= 0.6 is 15.9 Å². The Bertz CT molecular complexity index is 597. The summed E-state index contributed by atoms with van der Waals surface area (Å²) in [6, 6.07) is 15.5. The highest BCUT2D eigenvalue weighted by Gasteiger charge is 2.01. The second-order valence-corrected chi connectivity index (χ2v) is 5.17. The van der Waals surface area contributed by atoms with E-state index < -0.39 is 0 Å². The highest BCUT2D eigenvalue weighted by atomic mass is 79.9. The van der Waals surface area contributed by atoms with Crippen molar-refractivity contribution in [3.63, 3.8) is 0 Å². The van der Waals surface area contributed by atoms with E-state index in [1.54, 1.807) is 6.08 Å². The van der Waals surface area contributed by atoms with Crippen LogP contribution in [0.1, 0.15) is 28.4 Å². The monoisotopic (exact) mass is 314 g/mol. The van der Waals surface area contributed by atoms with E-state index in [1.807, 2.05) is 48.5 Å². The van der Waals surface area contributed by atoms with Gasteiger partial charge in [-0.25, -0.2) is 0 Å². The molecule has 0 aliphatic carbocycles. The number of aryl methyl sites for hydroxylation is 1. The number of benzene rings is 2. The molecule has 0 fully saturated rings. The second kappa shape index (κ2) is 6.48. The van der Waals surface area contributed by atoms with Crippen molar-refractivity contribution < 1.29 is 4.79 Å². The van der Waals surface area contributed by atoms with Crippen molar-refractivity contribution in [2.75, 3.05) is 0 Å². The van der Waals surface area contributed by atoms with Gasteiger partial charge in [-0.05, 0) is 47.9 Å². The number of hydrogen-bond donors (Lipinski definition) is 0. The molecule has 0 aliphatic heterocycles. The van der Waals surface area contributed by atoms with Crippen LogP contribution in [0, 0.1) is 0 Å². The van der Waals surface area contributed by atoms with Crippen molar-refractivity contribution in [2.24, 2.45) is 0 Å². The van der Waals surface area contributed by atoms with Crippen molar-refractivity contribution >= 4 is 27.8 Å². The minimum atomic E-state index is 0.0263. The van der Waals surface area contributed by atoms with E-state index >= 15 is 0 Å². The lowest BCUT2D eigenvalue weighted by molar-refractivity contribution is 0.104. The number of hydrogen-bond acceptors (Lipinski definition) is 1. The van der Waals surface area contributed by atoms with E-state index in [9.17, 15) is 4.79 Å². The molecule has 0 spiro atoms. The van der Waals surface area contributed by atoms with Crippen LogP contribution in [-0.2, 0) is 6.42 Å². The van der Waals surface area contributed by atoms with Crippen molar-refractivity contribution in [3.05, 3.63) is 75.8 Å². The standard InChI is InChI=1S/C17H15BrO/c1-2-13-5-3-4-6-14(13)9-12-17(19)15-7-10-16(18)11-8-15/h3-12H,2H2,1H3/b12-9+. The molecule has 0 saturated carbocycles. The summed E-state index contributed by atoms with van der Waals surface area (Å²) >= 11 is 3.36. The number of allylic oxidation sites excluding steroid dienone is 1. The summed E-state index contributed by atoms with van der Waals surface area (Å²) in [5.41, 5.74) is 3.06. The fourth-order valence-electron chi connectivity index (χ4n) is 1.89. The fraction of sp³-hybridized carbons (Fsp3) is 0.118. The van der Waals surface area contributed by atoms with Crippen molar-refractivity contribution in [1.82, 2.24) is 0 Å². The van der Waals surface area contributed by atoms with Gasteiger partial charge in [-0.15, -0.1) is 0 Å². The molecule has 0 radical (unpaired) electrons. The van der Waals surface area contributed by atoms with Gasteiger partial charge in [0.25, 0.3) is 0 Å². The maximum absolute atomic E-state index is 12.0. The number of carbonyl (C=O) groups is 1. The smallest absolute Gasteiger partial charge is 0.185 e. The Morgan fingerprint density at radius 3 is 2.47 bits per heavy atom. The first-order valence-electron chi connectivity index (χ1n) is 6.26. The molecular weight excluding hydrogens is 300 g/mol. The summed E-state index contributed by atoms with van der Waals surface area (Å²) in [5, 5.41) is 0. The van der Waals surface area contributed by atoms with E-state index in [0.717, 1.165) is 16.5 Å². The Morgan fingerprint density at radius 2 is 1.79 bits per heavy atom. The molecular formula is C17H15BrO. The molecule has 2 aromatic carbocycles. The van der Waals surface area contributed by atoms with Crippen LogP contribution in [0.25, 0.3) is 6.08 Å². The first kappa shape index (κ1) is 13.8. The Labute approximate surface area is 122 Å². The zero-order valence-electron chi connectivity index (χ0n) is 10.8. The molecule has 96 valence electrons. The molecule has 2 rings (SSSR count). The largest absolute Gasteiger partial charge is 0.289 e. The van der Waals surface area contributed by atoms with Gasteiger partial charge < -0.3 is 0 Å². The summed E-state index contributed by atoms with van der Waals surface area (Å²) < 4.78 is 0.976. The Balaban J connectivity index is 2.18. The molecule has 0 heterocycles. The molecule has 2 heteroatoms. The van der Waals surface area contributed by atoms with Crippen molar-refractivity contribution in [3.8, 4) is 0 Å².